The summed E-state index contributed by atoms with van der Waals surface area (Å²) in [6.07, 6.45) is 0.259. The summed E-state index contributed by atoms with van der Waals surface area (Å²) >= 11 is 0. The third kappa shape index (κ3) is 2.98. The van der Waals surface area contributed by atoms with Crippen molar-refractivity contribution in [1.82, 2.24) is 0 Å². The Hall–Kier alpha value is -0.300. The topological polar surface area (TPSA) is 48.2 Å². The van der Waals surface area contributed by atoms with Crippen molar-refractivity contribution in [3.05, 3.63) is 4.72 Å². The highest BCUT2D eigenvalue weighted by Gasteiger charge is 2.38. The Labute approximate surface area is 69.0 Å². The molecular weight excluding hydrogens is 195 g/mol. The summed E-state index contributed by atoms with van der Waals surface area (Å²) in [6.45, 7) is 2.86. The first-order valence-corrected chi connectivity index (χ1v) is 4.68. The Morgan fingerprint density at radius 3 is 2.08 bits per heavy atom. The van der Waals surface area contributed by atoms with Gasteiger partial charge in [0.25, 0.3) is 0 Å². The smallest absolute Gasteiger partial charge is 0.480 e. The first-order valence-electron chi connectivity index (χ1n) is 3.24. The number of hydrogen-bond donors (Lipinski definition) is 0. The zero-order valence-electron chi connectivity index (χ0n) is 6.59. The van der Waals surface area contributed by atoms with E-state index in [1.165, 1.54) is 6.92 Å². The van der Waals surface area contributed by atoms with E-state index >= 15 is 0 Å². The van der Waals surface area contributed by atoms with Gasteiger partial charge in [-0.1, -0.05) is 20.3 Å². The van der Waals surface area contributed by atoms with Crippen molar-refractivity contribution >= 4 is 10.0 Å². The van der Waals surface area contributed by atoms with E-state index in [2.05, 4.69) is 4.72 Å². The molecule has 0 aliphatic carbocycles. The van der Waals surface area contributed by atoms with Crippen LogP contribution >= 0.6 is 0 Å². The van der Waals surface area contributed by atoms with Gasteiger partial charge in [0.15, 0.2) is 10.0 Å². The number of rotatable bonds is 3. The van der Waals surface area contributed by atoms with Crippen molar-refractivity contribution in [2.75, 3.05) is 0 Å². The van der Waals surface area contributed by atoms with Gasteiger partial charge in [0.1, 0.15) is 0 Å². The zero-order valence-corrected chi connectivity index (χ0v) is 7.41. The molecule has 0 saturated heterocycles. The van der Waals surface area contributed by atoms with Crippen LogP contribution in [0.4, 0.5) is 13.2 Å². The molecule has 0 aromatic rings. The average Bonchev–Trinajstić information content (AvgIpc) is 1.84. The van der Waals surface area contributed by atoms with E-state index in [0.29, 0.717) is 0 Å². The molecule has 0 N–H and O–H groups in total. The normalized spacial score (nSPS) is 16.1. The Morgan fingerprint density at radius 1 is 1.42 bits per heavy atom. The van der Waals surface area contributed by atoms with E-state index < -0.39 is 21.6 Å². The maximum Gasteiger partial charge on any atom is 0.480 e. The van der Waals surface area contributed by atoms with Gasteiger partial charge in [0.05, 0.1) is 0 Å². The molecule has 0 rings (SSSR count). The molecule has 0 aliphatic rings. The Morgan fingerprint density at radius 2 is 1.83 bits per heavy atom. The molecule has 0 aromatic heterocycles. The standard InChI is InChI=1S/C5H9F3NO2S/c1-3-4(2)9-12(10,11)5(6,7)8/h4H,3H2,1-2H3/q-1. The van der Waals surface area contributed by atoms with Crippen LogP contribution in [-0.2, 0) is 10.0 Å². The molecule has 74 valence electrons. The third-order valence-electron chi connectivity index (χ3n) is 1.20. The molecule has 12 heavy (non-hydrogen) atoms. The van der Waals surface area contributed by atoms with E-state index in [1.54, 1.807) is 6.92 Å². The second-order valence-electron chi connectivity index (χ2n) is 2.28. The summed E-state index contributed by atoms with van der Waals surface area (Å²) in [7, 11) is -5.28. The highest BCUT2D eigenvalue weighted by molar-refractivity contribution is 7.94. The van der Waals surface area contributed by atoms with Crippen LogP contribution in [0.15, 0.2) is 0 Å². The molecule has 0 aromatic carbocycles. The first kappa shape index (κ1) is 11.7. The lowest BCUT2D eigenvalue weighted by Crippen LogP contribution is -2.24. The summed E-state index contributed by atoms with van der Waals surface area (Å²) in [5.41, 5.74) is -5.27. The number of nitrogens with zero attached hydrogens (tertiary/aromatic N) is 1. The largest absolute Gasteiger partial charge is 0.539 e. The second-order valence-corrected chi connectivity index (χ2v) is 3.91. The van der Waals surface area contributed by atoms with Gasteiger partial charge in [-0.05, 0) is 0 Å². The fourth-order valence-corrected chi connectivity index (χ4v) is 1.11. The molecule has 0 aliphatic heterocycles. The summed E-state index contributed by atoms with van der Waals surface area (Å²) in [5.74, 6) is 0. The fourth-order valence-electron chi connectivity index (χ4n) is 0.371. The van der Waals surface area contributed by atoms with Crippen LogP contribution in [0.3, 0.4) is 0 Å². The van der Waals surface area contributed by atoms with Crippen LogP contribution in [0, 0.1) is 0 Å². The molecule has 3 nitrogen and oxygen atoms in total. The number of alkyl halides is 3. The van der Waals surface area contributed by atoms with Crippen LogP contribution in [0.2, 0.25) is 0 Å². The highest BCUT2D eigenvalue weighted by Crippen LogP contribution is 2.29. The van der Waals surface area contributed by atoms with Crippen LogP contribution in [0.1, 0.15) is 20.3 Å². The summed E-state index contributed by atoms with van der Waals surface area (Å²) in [4.78, 5) is 0. The predicted octanol–water partition coefficient (Wildman–Crippen LogP) is 2.01. The minimum absolute atomic E-state index is 0.259. The van der Waals surface area contributed by atoms with Crippen molar-refractivity contribution in [2.24, 2.45) is 0 Å². The van der Waals surface area contributed by atoms with Gasteiger partial charge in [-0.25, -0.2) is 8.42 Å². The number of halogens is 3. The highest BCUT2D eigenvalue weighted by atomic mass is 32.2. The Kier molecular flexibility index (Phi) is 3.52. The molecule has 0 saturated carbocycles. The van der Waals surface area contributed by atoms with Gasteiger partial charge in [-0.2, -0.15) is 13.2 Å². The monoisotopic (exact) mass is 204 g/mol. The van der Waals surface area contributed by atoms with Crippen molar-refractivity contribution in [3.8, 4) is 0 Å². The van der Waals surface area contributed by atoms with E-state index in [0.717, 1.165) is 0 Å². The molecule has 0 radical (unpaired) electrons. The number of hydrogen-bond acceptors (Lipinski definition) is 2. The molecule has 1 atom stereocenters. The van der Waals surface area contributed by atoms with Crippen LogP contribution in [0.25, 0.3) is 4.72 Å². The van der Waals surface area contributed by atoms with Gasteiger partial charge in [-0.15, -0.1) is 6.04 Å². The van der Waals surface area contributed by atoms with Crippen molar-refractivity contribution in [1.29, 1.82) is 0 Å². The van der Waals surface area contributed by atoms with E-state index in [4.69, 9.17) is 0 Å². The maximum absolute atomic E-state index is 11.6. The summed E-state index contributed by atoms with van der Waals surface area (Å²) in [5, 5.41) is 0. The van der Waals surface area contributed by atoms with Crippen LogP contribution in [-0.4, -0.2) is 20.0 Å². The first-order chi connectivity index (χ1) is 5.20. The fraction of sp³-hybridized carbons (Fsp3) is 1.00. The zero-order chi connectivity index (χ0) is 9.99. The summed E-state index contributed by atoms with van der Waals surface area (Å²) in [6, 6.07) is -0.823. The van der Waals surface area contributed by atoms with Gasteiger partial charge >= 0.3 is 5.51 Å². The minimum Gasteiger partial charge on any atom is -0.539 e. The predicted molar refractivity (Wildman–Crippen MR) is 38.1 cm³/mol. The van der Waals surface area contributed by atoms with Gasteiger partial charge in [-0.3, -0.25) is 0 Å². The van der Waals surface area contributed by atoms with Crippen LogP contribution < -0.4 is 0 Å². The van der Waals surface area contributed by atoms with Gasteiger partial charge in [0.2, 0.25) is 0 Å². The lowest BCUT2D eigenvalue weighted by atomic mass is 10.3. The maximum atomic E-state index is 11.6. The Bertz CT molecular complexity index is 234. The quantitative estimate of drug-likeness (QED) is 0.706. The third-order valence-corrected chi connectivity index (χ3v) is 2.42. The molecular formula is C5H9F3NO2S-. The van der Waals surface area contributed by atoms with Gasteiger partial charge < -0.3 is 4.72 Å². The molecule has 1 unspecified atom stereocenters. The van der Waals surface area contributed by atoms with Crippen molar-refractivity contribution in [3.63, 3.8) is 0 Å². The molecule has 0 heterocycles. The summed E-state index contributed by atoms with van der Waals surface area (Å²) < 4.78 is 58.3. The molecule has 0 spiro atoms. The minimum atomic E-state index is -5.28. The van der Waals surface area contributed by atoms with E-state index in [9.17, 15) is 21.6 Å². The van der Waals surface area contributed by atoms with Gasteiger partial charge in [0, 0.05) is 0 Å². The van der Waals surface area contributed by atoms with Crippen molar-refractivity contribution in [2.45, 2.75) is 31.8 Å². The van der Waals surface area contributed by atoms with Crippen LogP contribution in [0.5, 0.6) is 0 Å². The number of sulfonamides is 1. The second kappa shape index (κ2) is 3.61. The Balaban J connectivity index is 4.46. The van der Waals surface area contributed by atoms with E-state index in [-0.39, 0.29) is 6.42 Å². The van der Waals surface area contributed by atoms with Crippen molar-refractivity contribution < 1.29 is 21.6 Å². The lowest BCUT2D eigenvalue weighted by molar-refractivity contribution is -0.0428. The molecule has 0 amide bonds. The average molecular weight is 204 g/mol. The van der Waals surface area contributed by atoms with E-state index in [1.807, 2.05) is 0 Å². The lowest BCUT2D eigenvalue weighted by Gasteiger charge is -2.27. The SMILES string of the molecule is CCC(C)[N-]S(=O)(=O)C(F)(F)F. The molecule has 0 fully saturated rings. The molecule has 0 bridgehead atoms. The molecule has 7 heteroatoms.